The van der Waals surface area contributed by atoms with Crippen LogP contribution in [0.1, 0.15) is 78.1 Å². The third-order valence-corrected chi connectivity index (χ3v) is 2.79. The van der Waals surface area contributed by atoms with Gasteiger partial charge in [-0.15, -0.1) is 0 Å². The number of hydrogen-bond donors (Lipinski definition) is 0. The maximum absolute atomic E-state index is 11.4. The summed E-state index contributed by atoms with van der Waals surface area (Å²) in [7, 11) is 0. The highest BCUT2D eigenvalue weighted by molar-refractivity contribution is 5.78. The minimum absolute atomic E-state index is 0.470. The third-order valence-electron chi connectivity index (χ3n) is 2.79. The van der Waals surface area contributed by atoms with E-state index in [-0.39, 0.29) is 0 Å². The van der Waals surface area contributed by atoms with Crippen LogP contribution in [-0.2, 0) is 4.79 Å². The maximum Gasteiger partial charge on any atom is 0.132 e. The van der Waals surface area contributed by atoms with Gasteiger partial charge in [0.15, 0.2) is 0 Å². The summed E-state index contributed by atoms with van der Waals surface area (Å²) >= 11 is 0. The van der Waals surface area contributed by atoms with Crippen LogP contribution in [0.4, 0.5) is 0 Å². The SMILES string of the molecule is CCC=CCCCCCC(=O)CCCCC. The number of carbonyl (C=O) groups is 1. The first kappa shape index (κ1) is 15.4. The highest BCUT2D eigenvalue weighted by Crippen LogP contribution is 2.08. The van der Waals surface area contributed by atoms with Crippen LogP contribution in [0.5, 0.6) is 0 Å². The third kappa shape index (κ3) is 11.5. The Morgan fingerprint density at radius 1 is 0.875 bits per heavy atom. The molecule has 0 aromatic carbocycles. The number of unbranched alkanes of at least 4 members (excludes halogenated alkanes) is 5. The zero-order valence-corrected chi connectivity index (χ0v) is 11.1. The van der Waals surface area contributed by atoms with Gasteiger partial charge in [0.1, 0.15) is 5.78 Å². The summed E-state index contributed by atoms with van der Waals surface area (Å²) in [5.41, 5.74) is 0. The van der Waals surface area contributed by atoms with Gasteiger partial charge < -0.3 is 0 Å². The zero-order chi connectivity index (χ0) is 12.1. The predicted molar refractivity (Wildman–Crippen MR) is 71.7 cm³/mol. The Balaban J connectivity index is 3.18. The van der Waals surface area contributed by atoms with Crippen LogP contribution < -0.4 is 0 Å². The first-order valence-corrected chi connectivity index (χ1v) is 6.98. The average Bonchev–Trinajstić information content (AvgIpc) is 2.28. The Morgan fingerprint density at radius 2 is 1.56 bits per heavy atom. The molecule has 0 aliphatic rings. The van der Waals surface area contributed by atoms with E-state index in [1.165, 1.54) is 32.1 Å². The molecule has 0 bridgehead atoms. The smallest absolute Gasteiger partial charge is 0.132 e. The summed E-state index contributed by atoms with van der Waals surface area (Å²) in [5, 5.41) is 0. The molecule has 0 aromatic rings. The van der Waals surface area contributed by atoms with E-state index >= 15 is 0 Å². The second-order valence-corrected chi connectivity index (χ2v) is 4.47. The molecule has 0 spiro atoms. The Kier molecular flexibility index (Phi) is 12.0. The van der Waals surface area contributed by atoms with Crippen molar-refractivity contribution >= 4 is 5.78 Å². The summed E-state index contributed by atoms with van der Waals surface area (Å²) in [4.78, 5) is 11.4. The van der Waals surface area contributed by atoms with Gasteiger partial charge in [-0.1, -0.05) is 45.3 Å². The Bertz CT molecular complexity index is 182. The van der Waals surface area contributed by atoms with Crippen molar-refractivity contribution in [2.75, 3.05) is 0 Å². The van der Waals surface area contributed by atoms with Crippen LogP contribution in [0, 0.1) is 0 Å². The van der Waals surface area contributed by atoms with Crippen molar-refractivity contribution in [3.63, 3.8) is 0 Å². The van der Waals surface area contributed by atoms with E-state index in [2.05, 4.69) is 26.0 Å². The highest BCUT2D eigenvalue weighted by Gasteiger charge is 2.00. The zero-order valence-electron chi connectivity index (χ0n) is 11.1. The molecule has 94 valence electrons. The molecule has 0 amide bonds. The lowest BCUT2D eigenvalue weighted by atomic mass is 10.1. The van der Waals surface area contributed by atoms with E-state index in [1.54, 1.807) is 0 Å². The number of allylic oxidation sites excluding steroid dienone is 2. The molecule has 0 saturated carbocycles. The average molecular weight is 224 g/mol. The minimum atomic E-state index is 0.470. The molecule has 1 nitrogen and oxygen atoms in total. The molecule has 0 atom stereocenters. The number of hydrogen-bond acceptors (Lipinski definition) is 1. The molecule has 1 heteroatoms. The van der Waals surface area contributed by atoms with Crippen LogP contribution in [0.15, 0.2) is 12.2 Å². The van der Waals surface area contributed by atoms with E-state index in [0.717, 1.165) is 32.1 Å². The predicted octanol–water partition coefficient (Wildman–Crippen LogP) is 5.05. The van der Waals surface area contributed by atoms with Crippen molar-refractivity contribution in [1.29, 1.82) is 0 Å². The molecule has 0 aromatic heterocycles. The lowest BCUT2D eigenvalue weighted by Crippen LogP contribution is -1.97. The molecule has 0 saturated heterocycles. The summed E-state index contributed by atoms with van der Waals surface area (Å²) in [6.45, 7) is 4.33. The summed E-state index contributed by atoms with van der Waals surface area (Å²) in [5.74, 6) is 0.470. The standard InChI is InChI=1S/C15H28O/c1-3-5-7-8-9-10-12-14-15(16)13-11-6-4-2/h5,7H,3-4,6,8-14H2,1-2H3. The monoisotopic (exact) mass is 224 g/mol. The van der Waals surface area contributed by atoms with Crippen molar-refractivity contribution in [3.05, 3.63) is 12.2 Å². The van der Waals surface area contributed by atoms with E-state index in [9.17, 15) is 4.79 Å². The fraction of sp³-hybridized carbons (Fsp3) is 0.800. The fourth-order valence-corrected chi connectivity index (χ4v) is 1.74. The van der Waals surface area contributed by atoms with Gasteiger partial charge in [0.2, 0.25) is 0 Å². The normalized spacial score (nSPS) is 11.1. The minimum Gasteiger partial charge on any atom is -0.300 e. The molecular formula is C15H28O. The van der Waals surface area contributed by atoms with E-state index in [0.29, 0.717) is 5.78 Å². The lowest BCUT2D eigenvalue weighted by Gasteiger charge is -2.00. The van der Waals surface area contributed by atoms with Crippen molar-refractivity contribution in [3.8, 4) is 0 Å². The first-order chi connectivity index (χ1) is 7.81. The van der Waals surface area contributed by atoms with Crippen molar-refractivity contribution < 1.29 is 4.79 Å². The van der Waals surface area contributed by atoms with Crippen LogP contribution in [0.2, 0.25) is 0 Å². The van der Waals surface area contributed by atoms with Crippen molar-refractivity contribution in [2.45, 2.75) is 78.1 Å². The molecular weight excluding hydrogens is 196 g/mol. The summed E-state index contributed by atoms with van der Waals surface area (Å²) in [6, 6.07) is 0. The van der Waals surface area contributed by atoms with Gasteiger partial charge in [-0.25, -0.2) is 0 Å². The second kappa shape index (κ2) is 12.5. The van der Waals surface area contributed by atoms with Gasteiger partial charge in [-0.3, -0.25) is 4.79 Å². The highest BCUT2D eigenvalue weighted by atomic mass is 16.1. The van der Waals surface area contributed by atoms with Crippen LogP contribution in [0.25, 0.3) is 0 Å². The van der Waals surface area contributed by atoms with Gasteiger partial charge in [-0.05, 0) is 32.1 Å². The van der Waals surface area contributed by atoms with Crippen molar-refractivity contribution in [2.24, 2.45) is 0 Å². The number of rotatable bonds is 11. The van der Waals surface area contributed by atoms with Gasteiger partial charge in [0.25, 0.3) is 0 Å². The second-order valence-electron chi connectivity index (χ2n) is 4.47. The molecule has 0 aliphatic carbocycles. The molecule has 0 fully saturated rings. The Morgan fingerprint density at radius 3 is 2.19 bits per heavy atom. The van der Waals surface area contributed by atoms with E-state index in [4.69, 9.17) is 0 Å². The molecule has 0 unspecified atom stereocenters. The van der Waals surface area contributed by atoms with Crippen LogP contribution >= 0.6 is 0 Å². The summed E-state index contributed by atoms with van der Waals surface area (Å²) < 4.78 is 0. The van der Waals surface area contributed by atoms with Crippen LogP contribution in [-0.4, -0.2) is 5.78 Å². The molecule has 16 heavy (non-hydrogen) atoms. The van der Waals surface area contributed by atoms with E-state index in [1.807, 2.05) is 0 Å². The quantitative estimate of drug-likeness (QED) is 0.354. The van der Waals surface area contributed by atoms with Gasteiger partial charge in [-0.2, -0.15) is 0 Å². The van der Waals surface area contributed by atoms with Gasteiger partial charge in [0.05, 0.1) is 0 Å². The number of carbonyl (C=O) groups excluding carboxylic acids is 1. The largest absolute Gasteiger partial charge is 0.300 e. The topological polar surface area (TPSA) is 17.1 Å². The fourth-order valence-electron chi connectivity index (χ4n) is 1.74. The molecule has 0 heterocycles. The summed E-state index contributed by atoms with van der Waals surface area (Å²) in [6.07, 6.45) is 15.4. The molecule has 0 rings (SSSR count). The lowest BCUT2D eigenvalue weighted by molar-refractivity contribution is -0.119. The first-order valence-electron chi connectivity index (χ1n) is 6.98. The number of ketones is 1. The van der Waals surface area contributed by atoms with Crippen molar-refractivity contribution in [1.82, 2.24) is 0 Å². The molecule has 0 aliphatic heterocycles. The van der Waals surface area contributed by atoms with Gasteiger partial charge in [0, 0.05) is 12.8 Å². The Hall–Kier alpha value is -0.590. The maximum atomic E-state index is 11.4. The van der Waals surface area contributed by atoms with Gasteiger partial charge >= 0.3 is 0 Å². The molecule has 0 N–H and O–H groups in total. The van der Waals surface area contributed by atoms with E-state index < -0.39 is 0 Å². The molecule has 0 radical (unpaired) electrons. The Labute approximate surface area is 101 Å². The number of Topliss-reactive ketones (excluding diaryl/α,β-unsaturated/α-hetero) is 1. The van der Waals surface area contributed by atoms with Crippen LogP contribution in [0.3, 0.4) is 0 Å².